The average molecular weight is 1070 g/mol. The van der Waals surface area contributed by atoms with E-state index < -0.39 is 0 Å². The van der Waals surface area contributed by atoms with Crippen molar-refractivity contribution in [1.82, 2.24) is 59.4 Å². The first-order valence-electron chi connectivity index (χ1n) is 25.9. The molecule has 8 aromatic rings. The fraction of sp³-hybridized carbons (Fsp3) is 0.382. The lowest BCUT2D eigenvalue weighted by Gasteiger charge is -2.09. The van der Waals surface area contributed by atoms with E-state index in [1.54, 1.807) is 21.5 Å². The Kier molecular flexibility index (Phi) is 20.3. The molecule has 6 heterocycles. The number of fused-ring (bicyclic) bond motifs is 2. The number of rotatable bonds is 31. The third-order valence-corrected chi connectivity index (χ3v) is 12.3. The van der Waals surface area contributed by atoms with Gasteiger partial charge in [0, 0.05) is 90.2 Å². The maximum atomic E-state index is 13.0. The van der Waals surface area contributed by atoms with Crippen LogP contribution in [0, 0.1) is 27.7 Å². The molecule has 2 aromatic carbocycles. The van der Waals surface area contributed by atoms with Gasteiger partial charge in [-0.05, 0) is 82.6 Å². The van der Waals surface area contributed by atoms with E-state index in [0.29, 0.717) is 131 Å². The summed E-state index contributed by atoms with van der Waals surface area (Å²) in [5.41, 5.74) is 10.4. The summed E-state index contributed by atoms with van der Waals surface area (Å²) >= 11 is 0. The second-order valence-electron chi connectivity index (χ2n) is 18.3. The number of nitrogens with one attached hydrogen (secondary N) is 4. The second kappa shape index (κ2) is 28.2. The molecule has 0 spiro atoms. The van der Waals surface area contributed by atoms with Gasteiger partial charge in [0.2, 0.25) is 11.8 Å². The Morgan fingerprint density at radius 3 is 1.37 bits per heavy atom. The van der Waals surface area contributed by atoms with Crippen molar-refractivity contribution in [2.75, 3.05) is 89.8 Å². The van der Waals surface area contributed by atoms with Crippen LogP contribution >= 0.6 is 0 Å². The third kappa shape index (κ3) is 16.2. The number of amides is 4. The minimum atomic E-state index is -0.232. The summed E-state index contributed by atoms with van der Waals surface area (Å²) < 4.78 is 35.2. The predicted molar refractivity (Wildman–Crippen MR) is 290 cm³/mol. The Bertz CT molecular complexity index is 3040. The van der Waals surface area contributed by atoms with Gasteiger partial charge in [-0.2, -0.15) is 0 Å². The molecule has 0 aliphatic rings. The Labute approximate surface area is 451 Å². The van der Waals surface area contributed by atoms with E-state index in [2.05, 4.69) is 51.9 Å². The van der Waals surface area contributed by atoms with Gasteiger partial charge in [-0.15, -0.1) is 10.2 Å². The van der Waals surface area contributed by atoms with Gasteiger partial charge >= 0.3 is 0 Å². The number of aromatic nitrogens is 10. The van der Waals surface area contributed by atoms with Crippen molar-refractivity contribution in [1.29, 1.82) is 0 Å². The zero-order valence-corrected chi connectivity index (χ0v) is 44.4. The number of carbonyl (C=O) groups is 4. The van der Waals surface area contributed by atoms with Crippen LogP contribution in [-0.2, 0) is 46.4 Å². The van der Waals surface area contributed by atoms with Crippen molar-refractivity contribution in [3.63, 3.8) is 0 Å². The molecular formula is C55H66N14O9. The van der Waals surface area contributed by atoms with Crippen molar-refractivity contribution in [3.05, 3.63) is 131 Å². The lowest BCUT2D eigenvalue weighted by Crippen LogP contribution is -2.29. The molecule has 4 N–H and O–H groups in total. The van der Waals surface area contributed by atoms with Crippen LogP contribution in [0.5, 0.6) is 0 Å². The first kappa shape index (κ1) is 56.0. The number of ether oxygens (including phenoxy) is 5. The number of carbonyl (C=O) groups excluding carboxylic acids is 4. The van der Waals surface area contributed by atoms with Crippen LogP contribution in [0.2, 0.25) is 0 Å². The summed E-state index contributed by atoms with van der Waals surface area (Å²) in [7, 11) is 0. The first-order valence-corrected chi connectivity index (χ1v) is 25.9. The molecule has 4 amide bonds. The molecule has 23 nitrogen and oxygen atoms in total. The summed E-state index contributed by atoms with van der Waals surface area (Å²) in [6.07, 6.45) is 8.47. The van der Waals surface area contributed by atoms with Gasteiger partial charge in [-0.25, -0.2) is 19.3 Å². The maximum Gasteiger partial charge on any atom is 0.259 e. The summed E-state index contributed by atoms with van der Waals surface area (Å²) in [6.45, 7) is 13.3. The van der Waals surface area contributed by atoms with Gasteiger partial charge in [0.05, 0.1) is 96.1 Å². The molecule has 0 bridgehead atoms. The number of nitrogens with zero attached hydrogens (tertiary/aromatic N) is 10. The van der Waals surface area contributed by atoms with Crippen LogP contribution in [0.1, 0.15) is 62.8 Å². The monoisotopic (exact) mass is 1070 g/mol. The predicted octanol–water partition coefficient (Wildman–Crippen LogP) is 5.42. The van der Waals surface area contributed by atoms with Gasteiger partial charge < -0.3 is 53.8 Å². The average Bonchev–Trinajstić information content (AvgIpc) is 4.28. The highest BCUT2D eigenvalue weighted by Crippen LogP contribution is 2.23. The SMILES string of the molecule is Cc1cc(C)n2ccc(C(=O)Nc3ccc(-c4cn(CCOCCOCCC(=O)NCCCOCCNC(=O)CCOCCOCCn5cc(-c6ccc(NC(=O)c7ccn8c(C)cc(C)nc78)cc6)nn5)nn4)cc3)c2n1. The summed E-state index contributed by atoms with van der Waals surface area (Å²) in [5, 5.41) is 28.5. The summed E-state index contributed by atoms with van der Waals surface area (Å²) in [5.74, 6) is -0.703. The molecule has 23 heteroatoms. The fourth-order valence-electron chi connectivity index (χ4n) is 8.30. The minimum absolute atomic E-state index is 0.107. The molecule has 6 aromatic heterocycles. The van der Waals surface area contributed by atoms with Crippen molar-refractivity contribution >= 4 is 46.3 Å². The normalized spacial score (nSPS) is 11.4. The van der Waals surface area contributed by atoms with Gasteiger partial charge in [-0.3, -0.25) is 19.2 Å². The lowest BCUT2D eigenvalue weighted by atomic mass is 10.1. The van der Waals surface area contributed by atoms with Crippen molar-refractivity contribution in [2.45, 2.75) is 60.0 Å². The van der Waals surface area contributed by atoms with E-state index in [0.717, 1.165) is 33.9 Å². The molecule has 0 unspecified atom stereocenters. The number of hydrogen-bond acceptors (Lipinski definition) is 15. The largest absolute Gasteiger partial charge is 0.380 e. The van der Waals surface area contributed by atoms with E-state index in [1.807, 2.05) is 122 Å². The molecule has 8 rings (SSSR count). The molecule has 0 radical (unpaired) electrons. The highest BCUT2D eigenvalue weighted by Gasteiger charge is 2.17. The van der Waals surface area contributed by atoms with E-state index in [9.17, 15) is 19.2 Å². The topological polar surface area (TPSA) is 259 Å². The summed E-state index contributed by atoms with van der Waals surface area (Å²) in [6, 6.07) is 22.3. The molecular weight excluding hydrogens is 1000 g/mol. The molecule has 410 valence electrons. The molecule has 0 atom stereocenters. The van der Waals surface area contributed by atoms with Crippen molar-refractivity contribution in [2.24, 2.45) is 0 Å². The van der Waals surface area contributed by atoms with Gasteiger partial charge in [0.25, 0.3) is 11.8 Å². The molecule has 0 aliphatic carbocycles. The minimum Gasteiger partial charge on any atom is -0.380 e. The Hall–Kier alpha value is -8.22. The van der Waals surface area contributed by atoms with Crippen LogP contribution in [0.3, 0.4) is 0 Å². The van der Waals surface area contributed by atoms with Crippen molar-refractivity contribution < 1.29 is 42.9 Å². The van der Waals surface area contributed by atoms with Gasteiger partial charge in [0.15, 0.2) is 0 Å². The van der Waals surface area contributed by atoms with Gasteiger partial charge in [0.1, 0.15) is 22.7 Å². The standard InChI is InChI=1S/C55H66N14O9/c1-38-34-40(3)68-20-14-46(52(68)58-38)54(72)60-44-10-6-42(7-11-44)48-36-66(64-62-48)22-28-77-32-30-75-25-16-50(70)56-18-5-24-74-27-19-57-51(71)17-26-76-31-33-78-29-23-67-37-49(63-65-67)43-8-12-45(13-9-43)61-55(73)47-15-21-69-41(4)35-39(2)59-53(47)69/h6-15,20-21,34-37H,5,16-19,22-33H2,1-4H3,(H,56,70)(H,57,71)(H,60,72)(H,61,73). The highest BCUT2D eigenvalue weighted by molar-refractivity contribution is 6.09. The van der Waals surface area contributed by atoms with E-state index in [-0.39, 0.29) is 49.7 Å². The molecule has 0 saturated heterocycles. The molecule has 78 heavy (non-hydrogen) atoms. The van der Waals surface area contributed by atoms with Crippen LogP contribution in [0.15, 0.2) is 97.6 Å². The molecule has 0 aliphatic heterocycles. The van der Waals surface area contributed by atoms with E-state index >= 15 is 0 Å². The Morgan fingerprint density at radius 1 is 0.487 bits per heavy atom. The van der Waals surface area contributed by atoms with Crippen LogP contribution in [0.25, 0.3) is 33.8 Å². The quantitative estimate of drug-likeness (QED) is 0.0396. The number of anilines is 2. The Morgan fingerprint density at radius 2 is 0.910 bits per heavy atom. The van der Waals surface area contributed by atoms with Crippen LogP contribution in [-0.4, -0.2) is 152 Å². The number of aryl methyl sites for hydroxylation is 4. The van der Waals surface area contributed by atoms with E-state index in [4.69, 9.17) is 23.7 Å². The lowest BCUT2D eigenvalue weighted by molar-refractivity contribution is -0.123. The molecule has 0 fully saturated rings. The van der Waals surface area contributed by atoms with Crippen LogP contribution in [0.4, 0.5) is 11.4 Å². The Balaban J connectivity index is 0.565. The van der Waals surface area contributed by atoms with Crippen LogP contribution < -0.4 is 21.3 Å². The highest BCUT2D eigenvalue weighted by atomic mass is 16.5. The number of benzene rings is 2. The zero-order chi connectivity index (χ0) is 54.6. The third-order valence-electron chi connectivity index (χ3n) is 12.3. The second-order valence-corrected chi connectivity index (χ2v) is 18.3. The fourth-order valence-corrected chi connectivity index (χ4v) is 8.30. The smallest absolute Gasteiger partial charge is 0.259 e. The van der Waals surface area contributed by atoms with Crippen molar-refractivity contribution in [3.8, 4) is 22.5 Å². The number of hydrogen-bond donors (Lipinski definition) is 4. The summed E-state index contributed by atoms with van der Waals surface area (Å²) in [4.78, 5) is 59.5. The zero-order valence-electron chi connectivity index (χ0n) is 44.4. The molecule has 0 saturated carbocycles. The first-order chi connectivity index (χ1) is 38.0. The van der Waals surface area contributed by atoms with Gasteiger partial charge in [-0.1, -0.05) is 34.7 Å². The maximum absolute atomic E-state index is 13.0. The van der Waals surface area contributed by atoms with E-state index in [1.165, 1.54) is 0 Å².